The second-order valence-corrected chi connectivity index (χ2v) is 5.19. The van der Waals surface area contributed by atoms with E-state index in [0.29, 0.717) is 11.6 Å². The fourth-order valence-electron chi connectivity index (χ4n) is 3.10. The van der Waals surface area contributed by atoms with Gasteiger partial charge in [-0.3, -0.25) is 0 Å². The molecule has 0 saturated heterocycles. The van der Waals surface area contributed by atoms with E-state index in [1.165, 1.54) is 38.5 Å². The molecule has 0 radical (unpaired) electrons. The monoisotopic (exact) mass is 212 g/mol. The standard InChI is InChI=1S/C13H28N2/c1-5-14-12(2)13(15(3)4)10-8-6-7-9-11-13/h12,14H,5-11H2,1-4H3. The summed E-state index contributed by atoms with van der Waals surface area (Å²) in [6.45, 7) is 5.64. The number of hydrogen-bond donors (Lipinski definition) is 1. The Hall–Kier alpha value is -0.0800. The van der Waals surface area contributed by atoms with E-state index in [1.54, 1.807) is 0 Å². The average Bonchev–Trinajstić information content (AvgIpc) is 2.43. The van der Waals surface area contributed by atoms with Crippen molar-refractivity contribution in [2.24, 2.45) is 0 Å². The lowest BCUT2D eigenvalue weighted by atomic mass is 9.82. The zero-order chi connectivity index (χ0) is 11.3. The highest BCUT2D eigenvalue weighted by atomic mass is 15.2. The first-order valence-corrected chi connectivity index (χ1v) is 6.54. The zero-order valence-corrected chi connectivity index (χ0v) is 11.0. The Morgan fingerprint density at radius 2 is 1.67 bits per heavy atom. The first kappa shape index (κ1) is 13.0. The molecule has 0 aromatic rings. The SMILES string of the molecule is CCNC(C)C1(N(C)C)CCCCCC1. The van der Waals surface area contributed by atoms with Crippen molar-refractivity contribution >= 4 is 0 Å². The van der Waals surface area contributed by atoms with Crippen LogP contribution in [0.25, 0.3) is 0 Å². The van der Waals surface area contributed by atoms with E-state index in [2.05, 4.69) is 38.2 Å². The van der Waals surface area contributed by atoms with E-state index in [9.17, 15) is 0 Å². The Morgan fingerprint density at radius 1 is 1.13 bits per heavy atom. The van der Waals surface area contributed by atoms with Crippen LogP contribution in [-0.2, 0) is 0 Å². The molecule has 1 aliphatic carbocycles. The quantitative estimate of drug-likeness (QED) is 0.721. The van der Waals surface area contributed by atoms with Crippen LogP contribution in [0.4, 0.5) is 0 Å². The van der Waals surface area contributed by atoms with Gasteiger partial charge in [0.25, 0.3) is 0 Å². The molecule has 1 aliphatic rings. The summed E-state index contributed by atoms with van der Waals surface area (Å²) in [6.07, 6.45) is 8.35. The van der Waals surface area contributed by atoms with Crippen LogP contribution in [0, 0.1) is 0 Å². The van der Waals surface area contributed by atoms with Crippen molar-refractivity contribution in [2.45, 2.75) is 64.0 Å². The van der Waals surface area contributed by atoms with Crippen molar-refractivity contribution in [1.29, 1.82) is 0 Å². The molecule has 90 valence electrons. The van der Waals surface area contributed by atoms with Gasteiger partial charge in [-0.05, 0) is 40.4 Å². The Bertz CT molecular complexity index is 169. The van der Waals surface area contributed by atoms with E-state index in [-0.39, 0.29) is 0 Å². The van der Waals surface area contributed by atoms with E-state index in [4.69, 9.17) is 0 Å². The minimum absolute atomic E-state index is 0.395. The summed E-state index contributed by atoms with van der Waals surface area (Å²) in [5.41, 5.74) is 0.395. The first-order chi connectivity index (χ1) is 7.13. The van der Waals surface area contributed by atoms with Gasteiger partial charge >= 0.3 is 0 Å². The number of nitrogens with zero attached hydrogens (tertiary/aromatic N) is 1. The molecule has 0 aliphatic heterocycles. The van der Waals surface area contributed by atoms with Crippen molar-refractivity contribution in [1.82, 2.24) is 10.2 Å². The molecule has 1 fully saturated rings. The highest BCUT2D eigenvalue weighted by molar-refractivity contribution is 4.97. The zero-order valence-electron chi connectivity index (χ0n) is 11.0. The molecule has 0 aromatic heterocycles. The van der Waals surface area contributed by atoms with Gasteiger partial charge in [0.2, 0.25) is 0 Å². The van der Waals surface area contributed by atoms with E-state index < -0.39 is 0 Å². The van der Waals surface area contributed by atoms with Gasteiger partial charge < -0.3 is 10.2 Å². The summed E-state index contributed by atoms with van der Waals surface area (Å²) in [7, 11) is 4.50. The van der Waals surface area contributed by atoms with Crippen LogP contribution < -0.4 is 5.32 Å². The maximum atomic E-state index is 3.62. The van der Waals surface area contributed by atoms with E-state index >= 15 is 0 Å². The number of hydrogen-bond acceptors (Lipinski definition) is 2. The van der Waals surface area contributed by atoms with Crippen LogP contribution in [0.2, 0.25) is 0 Å². The smallest absolute Gasteiger partial charge is 0.0353 e. The van der Waals surface area contributed by atoms with Crippen molar-refractivity contribution < 1.29 is 0 Å². The molecule has 1 saturated carbocycles. The van der Waals surface area contributed by atoms with Gasteiger partial charge in [-0.1, -0.05) is 32.6 Å². The molecule has 1 N–H and O–H groups in total. The minimum atomic E-state index is 0.395. The normalized spacial score (nSPS) is 23.8. The predicted molar refractivity (Wildman–Crippen MR) is 67.3 cm³/mol. The molecule has 15 heavy (non-hydrogen) atoms. The van der Waals surface area contributed by atoms with E-state index in [0.717, 1.165) is 6.54 Å². The molecule has 0 spiro atoms. The Kier molecular flexibility index (Phi) is 5.07. The van der Waals surface area contributed by atoms with Crippen molar-refractivity contribution in [3.63, 3.8) is 0 Å². The minimum Gasteiger partial charge on any atom is -0.313 e. The molecule has 1 rings (SSSR count). The summed E-state index contributed by atoms with van der Waals surface area (Å²) >= 11 is 0. The predicted octanol–water partition coefficient (Wildman–Crippen LogP) is 2.64. The number of nitrogens with one attached hydrogen (secondary N) is 1. The lowest BCUT2D eigenvalue weighted by Gasteiger charge is -2.45. The molecular weight excluding hydrogens is 184 g/mol. The fraction of sp³-hybridized carbons (Fsp3) is 1.00. The van der Waals surface area contributed by atoms with Gasteiger partial charge in [0.05, 0.1) is 0 Å². The largest absolute Gasteiger partial charge is 0.313 e. The number of rotatable bonds is 4. The third kappa shape index (κ3) is 2.94. The van der Waals surface area contributed by atoms with E-state index in [1.807, 2.05) is 0 Å². The second-order valence-electron chi connectivity index (χ2n) is 5.19. The summed E-state index contributed by atoms with van der Waals surface area (Å²) in [6, 6.07) is 0.607. The van der Waals surface area contributed by atoms with Gasteiger partial charge in [0, 0.05) is 11.6 Å². The Morgan fingerprint density at radius 3 is 2.07 bits per heavy atom. The van der Waals surface area contributed by atoms with Crippen molar-refractivity contribution in [2.75, 3.05) is 20.6 Å². The molecule has 0 heterocycles. The highest BCUT2D eigenvalue weighted by Gasteiger charge is 2.37. The van der Waals surface area contributed by atoms with Gasteiger partial charge in [0.1, 0.15) is 0 Å². The topological polar surface area (TPSA) is 15.3 Å². The lowest BCUT2D eigenvalue weighted by molar-refractivity contribution is 0.0885. The Labute approximate surface area is 95.4 Å². The third-order valence-electron chi connectivity index (χ3n) is 4.18. The molecule has 0 amide bonds. The summed E-state index contributed by atoms with van der Waals surface area (Å²) in [5, 5.41) is 3.62. The maximum Gasteiger partial charge on any atom is 0.0353 e. The first-order valence-electron chi connectivity index (χ1n) is 6.54. The average molecular weight is 212 g/mol. The van der Waals surface area contributed by atoms with Crippen LogP contribution >= 0.6 is 0 Å². The van der Waals surface area contributed by atoms with Crippen LogP contribution in [0.15, 0.2) is 0 Å². The van der Waals surface area contributed by atoms with Crippen LogP contribution in [0.5, 0.6) is 0 Å². The second kappa shape index (κ2) is 5.86. The van der Waals surface area contributed by atoms with Crippen molar-refractivity contribution in [3.05, 3.63) is 0 Å². The summed E-state index contributed by atoms with van der Waals surface area (Å²) in [5.74, 6) is 0. The molecule has 2 nitrogen and oxygen atoms in total. The van der Waals surface area contributed by atoms with Crippen LogP contribution in [-0.4, -0.2) is 37.1 Å². The molecule has 0 bridgehead atoms. The summed E-state index contributed by atoms with van der Waals surface area (Å²) in [4.78, 5) is 2.46. The third-order valence-corrected chi connectivity index (χ3v) is 4.18. The van der Waals surface area contributed by atoms with Gasteiger partial charge in [0.15, 0.2) is 0 Å². The Balaban J connectivity index is 2.74. The molecule has 1 atom stereocenters. The molecular formula is C13H28N2. The van der Waals surface area contributed by atoms with Crippen LogP contribution in [0.1, 0.15) is 52.4 Å². The summed E-state index contributed by atoms with van der Waals surface area (Å²) < 4.78 is 0. The van der Waals surface area contributed by atoms with Crippen LogP contribution in [0.3, 0.4) is 0 Å². The molecule has 1 unspecified atom stereocenters. The fourth-order valence-corrected chi connectivity index (χ4v) is 3.10. The van der Waals surface area contributed by atoms with Gasteiger partial charge in [-0.15, -0.1) is 0 Å². The molecule has 0 aromatic carbocycles. The van der Waals surface area contributed by atoms with Gasteiger partial charge in [-0.25, -0.2) is 0 Å². The molecule has 2 heteroatoms. The lowest BCUT2D eigenvalue weighted by Crippen LogP contribution is -2.57. The maximum absolute atomic E-state index is 3.62. The number of likely N-dealkylation sites (N-methyl/N-ethyl adjacent to an activating group) is 2. The highest BCUT2D eigenvalue weighted by Crippen LogP contribution is 2.33. The van der Waals surface area contributed by atoms with Crippen molar-refractivity contribution in [3.8, 4) is 0 Å². The van der Waals surface area contributed by atoms with Gasteiger partial charge in [-0.2, -0.15) is 0 Å².